The molecule has 0 saturated carbocycles. The van der Waals surface area contributed by atoms with E-state index >= 15 is 0 Å². The van der Waals surface area contributed by atoms with Gasteiger partial charge in [-0.25, -0.2) is 0 Å². The molecule has 0 fully saturated rings. The van der Waals surface area contributed by atoms with Crippen LogP contribution in [-0.4, -0.2) is 9.85 Å². The summed E-state index contributed by atoms with van der Waals surface area (Å²) >= 11 is 0. The Morgan fingerprint density at radius 2 is 1.89 bits per heavy atom. The summed E-state index contributed by atoms with van der Waals surface area (Å²) in [5.41, 5.74) is 1.02. The molecule has 0 spiro atoms. The highest BCUT2D eigenvalue weighted by Gasteiger charge is 2.17. The summed E-state index contributed by atoms with van der Waals surface area (Å²) in [6.45, 7) is 5.07. The molecule has 0 bridgehead atoms. The molecule has 96 valence electrons. The Kier molecular flexibility index (Phi) is 4.14. The van der Waals surface area contributed by atoms with Gasteiger partial charge in [-0.05, 0) is 11.5 Å². The minimum Gasteiger partial charge on any atom is -0.259 e. The molecule has 6 nitrogen and oxygen atoms in total. The standard InChI is InChI=1S/C12H14N2O4/c1-8(2)11-5-4-10(6-9(3)13(15)16)7-12(11)14(17)18/h4-8H,1-3H3/b9-6-. The van der Waals surface area contributed by atoms with Crippen LogP contribution in [0.4, 0.5) is 5.69 Å². The zero-order valence-corrected chi connectivity index (χ0v) is 10.4. The van der Waals surface area contributed by atoms with E-state index in [-0.39, 0.29) is 17.3 Å². The Bertz CT molecular complexity index is 521. The quantitative estimate of drug-likeness (QED) is 0.605. The predicted molar refractivity (Wildman–Crippen MR) is 67.8 cm³/mol. The van der Waals surface area contributed by atoms with E-state index < -0.39 is 9.85 Å². The number of nitro benzene ring substituents is 1. The largest absolute Gasteiger partial charge is 0.273 e. The molecular formula is C12H14N2O4. The van der Waals surface area contributed by atoms with Crippen LogP contribution in [0.2, 0.25) is 0 Å². The smallest absolute Gasteiger partial charge is 0.259 e. The molecular weight excluding hydrogens is 236 g/mol. The molecule has 1 aromatic carbocycles. The molecule has 6 heteroatoms. The Hall–Kier alpha value is -2.24. The van der Waals surface area contributed by atoms with Crippen molar-refractivity contribution >= 4 is 11.8 Å². The Morgan fingerprint density at radius 3 is 2.33 bits per heavy atom. The molecule has 0 aliphatic carbocycles. The zero-order chi connectivity index (χ0) is 13.9. The minimum atomic E-state index is -0.526. The number of rotatable bonds is 4. The Morgan fingerprint density at radius 1 is 1.28 bits per heavy atom. The topological polar surface area (TPSA) is 86.3 Å². The lowest BCUT2D eigenvalue weighted by Crippen LogP contribution is -1.98. The first-order chi connectivity index (χ1) is 8.32. The second-order valence-electron chi connectivity index (χ2n) is 4.27. The lowest BCUT2D eigenvalue weighted by atomic mass is 9.99. The maximum atomic E-state index is 10.9. The van der Waals surface area contributed by atoms with Crippen LogP contribution >= 0.6 is 0 Å². The fourth-order valence-corrected chi connectivity index (χ4v) is 1.59. The summed E-state index contributed by atoms with van der Waals surface area (Å²) in [6.07, 6.45) is 1.32. The zero-order valence-electron chi connectivity index (χ0n) is 10.4. The average molecular weight is 250 g/mol. The van der Waals surface area contributed by atoms with Crippen LogP contribution in [0.1, 0.15) is 37.8 Å². The van der Waals surface area contributed by atoms with E-state index in [1.807, 2.05) is 13.8 Å². The van der Waals surface area contributed by atoms with Gasteiger partial charge in [0.2, 0.25) is 5.70 Å². The number of benzene rings is 1. The first kappa shape index (κ1) is 13.8. The molecule has 0 N–H and O–H groups in total. The number of nitrogens with zero attached hydrogens (tertiary/aromatic N) is 2. The van der Waals surface area contributed by atoms with Crippen molar-refractivity contribution in [2.24, 2.45) is 0 Å². The van der Waals surface area contributed by atoms with Gasteiger partial charge in [-0.3, -0.25) is 20.2 Å². The molecule has 18 heavy (non-hydrogen) atoms. The van der Waals surface area contributed by atoms with E-state index in [1.54, 1.807) is 12.1 Å². The summed E-state index contributed by atoms with van der Waals surface area (Å²) in [7, 11) is 0. The Labute approximate surface area is 104 Å². The van der Waals surface area contributed by atoms with Crippen LogP contribution in [0.3, 0.4) is 0 Å². The highest BCUT2D eigenvalue weighted by Crippen LogP contribution is 2.28. The monoisotopic (exact) mass is 250 g/mol. The first-order valence-corrected chi connectivity index (χ1v) is 5.44. The Balaban J connectivity index is 3.28. The summed E-state index contributed by atoms with van der Waals surface area (Å²) in [5.74, 6) is 0.0278. The van der Waals surface area contributed by atoms with Gasteiger partial charge >= 0.3 is 0 Å². The van der Waals surface area contributed by atoms with Crippen LogP contribution in [0.25, 0.3) is 6.08 Å². The van der Waals surface area contributed by atoms with Crippen molar-refractivity contribution in [3.05, 3.63) is 55.3 Å². The predicted octanol–water partition coefficient (Wildman–Crippen LogP) is 3.36. The third kappa shape index (κ3) is 3.13. The molecule has 0 aromatic heterocycles. The average Bonchev–Trinajstić information content (AvgIpc) is 2.28. The van der Waals surface area contributed by atoms with Crippen molar-refractivity contribution in [3.63, 3.8) is 0 Å². The number of nitro groups is 2. The van der Waals surface area contributed by atoms with Crippen molar-refractivity contribution in [2.45, 2.75) is 26.7 Å². The van der Waals surface area contributed by atoms with Crippen molar-refractivity contribution in [2.75, 3.05) is 0 Å². The number of hydrogen-bond acceptors (Lipinski definition) is 4. The van der Waals surface area contributed by atoms with Gasteiger partial charge in [0.15, 0.2) is 0 Å². The maximum Gasteiger partial charge on any atom is 0.273 e. The van der Waals surface area contributed by atoms with Crippen LogP contribution in [0.5, 0.6) is 0 Å². The second kappa shape index (κ2) is 5.39. The van der Waals surface area contributed by atoms with Gasteiger partial charge in [0.05, 0.1) is 9.85 Å². The minimum absolute atomic E-state index is 0.00472. The van der Waals surface area contributed by atoms with Gasteiger partial charge in [-0.2, -0.15) is 0 Å². The van der Waals surface area contributed by atoms with Crippen LogP contribution in [0, 0.1) is 20.2 Å². The summed E-state index contributed by atoms with van der Waals surface area (Å²) < 4.78 is 0. The van der Waals surface area contributed by atoms with Gasteiger partial charge in [0.1, 0.15) is 0 Å². The molecule has 0 amide bonds. The van der Waals surface area contributed by atoms with Gasteiger partial charge in [-0.1, -0.05) is 26.0 Å². The molecule has 0 heterocycles. The molecule has 1 aromatic rings. The van der Waals surface area contributed by atoms with Gasteiger partial charge in [0, 0.05) is 24.6 Å². The van der Waals surface area contributed by atoms with Crippen molar-refractivity contribution in [1.82, 2.24) is 0 Å². The lowest BCUT2D eigenvalue weighted by molar-refractivity contribution is -0.422. The summed E-state index contributed by atoms with van der Waals surface area (Å²) in [4.78, 5) is 20.5. The van der Waals surface area contributed by atoms with Crippen LogP contribution < -0.4 is 0 Å². The van der Waals surface area contributed by atoms with E-state index in [0.29, 0.717) is 11.1 Å². The molecule has 0 radical (unpaired) electrons. The molecule has 0 unspecified atom stereocenters. The normalized spacial score (nSPS) is 11.7. The van der Waals surface area contributed by atoms with Gasteiger partial charge in [0.25, 0.3) is 5.69 Å². The third-order valence-electron chi connectivity index (χ3n) is 2.54. The summed E-state index contributed by atoms with van der Waals surface area (Å²) in [5, 5.41) is 21.5. The maximum absolute atomic E-state index is 10.9. The fraction of sp³-hybridized carbons (Fsp3) is 0.333. The van der Waals surface area contributed by atoms with Crippen molar-refractivity contribution < 1.29 is 9.85 Å². The van der Waals surface area contributed by atoms with E-state index in [1.165, 1.54) is 19.1 Å². The van der Waals surface area contributed by atoms with E-state index in [4.69, 9.17) is 0 Å². The SMILES string of the molecule is C/C(=C/c1ccc(C(C)C)c([N+](=O)[O-])c1)[N+](=O)[O-]. The van der Waals surface area contributed by atoms with Crippen molar-refractivity contribution in [3.8, 4) is 0 Å². The van der Waals surface area contributed by atoms with Gasteiger partial charge < -0.3 is 0 Å². The van der Waals surface area contributed by atoms with Crippen LogP contribution in [-0.2, 0) is 0 Å². The van der Waals surface area contributed by atoms with Crippen molar-refractivity contribution in [1.29, 1.82) is 0 Å². The third-order valence-corrected chi connectivity index (χ3v) is 2.54. The number of allylic oxidation sites excluding steroid dienone is 1. The van der Waals surface area contributed by atoms with Crippen LogP contribution in [0.15, 0.2) is 23.9 Å². The first-order valence-electron chi connectivity index (χ1n) is 5.44. The highest BCUT2D eigenvalue weighted by molar-refractivity contribution is 5.57. The van der Waals surface area contributed by atoms with Gasteiger partial charge in [-0.15, -0.1) is 0 Å². The highest BCUT2D eigenvalue weighted by atomic mass is 16.6. The molecule has 0 aliphatic heterocycles. The molecule has 0 saturated heterocycles. The molecule has 0 atom stereocenters. The molecule has 0 aliphatic rings. The second-order valence-corrected chi connectivity index (χ2v) is 4.27. The lowest BCUT2D eigenvalue weighted by Gasteiger charge is -2.06. The number of hydrogen-bond donors (Lipinski definition) is 0. The summed E-state index contributed by atoms with van der Waals surface area (Å²) in [6, 6.07) is 4.65. The van der Waals surface area contributed by atoms with E-state index in [0.717, 1.165) is 0 Å². The van der Waals surface area contributed by atoms with E-state index in [2.05, 4.69) is 0 Å². The van der Waals surface area contributed by atoms with E-state index in [9.17, 15) is 20.2 Å². The fourth-order valence-electron chi connectivity index (χ4n) is 1.59. The molecule has 1 rings (SSSR count).